The quantitative estimate of drug-likeness (QED) is 0.164. The maximum absolute atomic E-state index is 12.0. The summed E-state index contributed by atoms with van der Waals surface area (Å²) in [6, 6.07) is 16.7. The summed E-state index contributed by atoms with van der Waals surface area (Å²) in [6.45, 7) is 10.6. The summed E-state index contributed by atoms with van der Waals surface area (Å²) in [4.78, 5) is 16.5. The van der Waals surface area contributed by atoms with Crippen molar-refractivity contribution in [2.24, 2.45) is 10.7 Å². The first-order valence-corrected chi connectivity index (χ1v) is 13.5. The minimum Gasteiger partial charge on any atom is -0.369 e. The predicted molar refractivity (Wildman–Crippen MR) is 154 cm³/mol. The van der Waals surface area contributed by atoms with Crippen molar-refractivity contribution in [3.63, 3.8) is 0 Å². The van der Waals surface area contributed by atoms with Gasteiger partial charge in [-0.25, -0.2) is 4.99 Å². The van der Waals surface area contributed by atoms with E-state index in [0.717, 1.165) is 47.5 Å². The average Bonchev–Trinajstić information content (AvgIpc) is 3.69. The molecule has 3 rings (SSSR count). The lowest BCUT2D eigenvalue weighted by Crippen LogP contribution is -2.29. The maximum atomic E-state index is 12.0. The normalized spacial score (nSPS) is 15.1. The number of anilines is 1. The molecule has 4 nitrogen and oxygen atoms in total. The van der Waals surface area contributed by atoms with E-state index in [1.54, 1.807) is 6.20 Å². The number of nitrogens with one attached hydrogen (secondary N) is 1. The van der Waals surface area contributed by atoms with Crippen molar-refractivity contribution in [1.82, 2.24) is 0 Å². The zero-order valence-corrected chi connectivity index (χ0v) is 22.7. The summed E-state index contributed by atoms with van der Waals surface area (Å²) in [5.74, 6) is 1.16. The molecule has 0 radical (unpaired) electrons. The van der Waals surface area contributed by atoms with Gasteiger partial charge in [-0.15, -0.1) is 0 Å². The smallest absolute Gasteiger partial charge is 0.228 e. The predicted octanol–water partition coefficient (Wildman–Crippen LogP) is 7.99. The van der Waals surface area contributed by atoms with Gasteiger partial charge >= 0.3 is 0 Å². The van der Waals surface area contributed by atoms with Gasteiger partial charge in [0, 0.05) is 11.9 Å². The van der Waals surface area contributed by atoms with Crippen molar-refractivity contribution in [1.29, 1.82) is 0 Å². The Morgan fingerprint density at radius 2 is 1.78 bits per heavy atom. The van der Waals surface area contributed by atoms with E-state index >= 15 is 0 Å². The lowest BCUT2D eigenvalue weighted by Gasteiger charge is -2.17. The minimum atomic E-state index is -0.490. The van der Waals surface area contributed by atoms with Gasteiger partial charge < -0.3 is 11.1 Å². The lowest BCUT2D eigenvalue weighted by atomic mass is 9.88. The van der Waals surface area contributed by atoms with Crippen molar-refractivity contribution < 1.29 is 4.79 Å². The number of aryl methyl sites for hydroxylation is 1. The van der Waals surface area contributed by atoms with Crippen molar-refractivity contribution in [2.75, 3.05) is 5.32 Å². The van der Waals surface area contributed by atoms with Crippen LogP contribution in [-0.4, -0.2) is 11.7 Å². The van der Waals surface area contributed by atoms with Crippen LogP contribution < -0.4 is 11.1 Å². The molecule has 0 heterocycles. The van der Waals surface area contributed by atoms with E-state index in [4.69, 9.17) is 17.3 Å². The van der Waals surface area contributed by atoms with Gasteiger partial charge in [-0.2, -0.15) is 0 Å². The maximum Gasteiger partial charge on any atom is 0.228 e. The third-order valence-electron chi connectivity index (χ3n) is 7.14. The van der Waals surface area contributed by atoms with E-state index in [2.05, 4.69) is 61.1 Å². The SMILES string of the molecule is C=C(CCc1ccccc1C1(C(N)=O)CC1)/C(Cl)=C\N=C(C)Nc1ccc(C(CCC)CCC)cc1. The molecule has 2 aromatic rings. The molecular weight excluding hydrogens is 466 g/mol. The number of amides is 1. The largest absolute Gasteiger partial charge is 0.369 e. The minimum absolute atomic E-state index is 0.236. The first-order chi connectivity index (χ1) is 17.3. The molecule has 2 aromatic carbocycles. The van der Waals surface area contributed by atoms with E-state index in [1.807, 2.05) is 25.1 Å². The van der Waals surface area contributed by atoms with Crippen LogP contribution in [0.2, 0.25) is 0 Å². The molecule has 1 saturated carbocycles. The fourth-order valence-electron chi connectivity index (χ4n) is 4.88. The molecule has 0 aromatic heterocycles. The Hall–Kier alpha value is -2.85. The number of hydrogen-bond acceptors (Lipinski definition) is 2. The van der Waals surface area contributed by atoms with Gasteiger partial charge in [0.1, 0.15) is 5.84 Å². The van der Waals surface area contributed by atoms with E-state index in [9.17, 15) is 4.79 Å². The van der Waals surface area contributed by atoms with E-state index in [0.29, 0.717) is 17.4 Å². The van der Waals surface area contributed by atoms with Crippen molar-refractivity contribution >= 4 is 29.0 Å². The summed E-state index contributed by atoms with van der Waals surface area (Å²) in [5.41, 5.74) is 10.6. The monoisotopic (exact) mass is 505 g/mol. The second kappa shape index (κ2) is 12.9. The number of aliphatic imine (C=N–C) groups is 1. The third kappa shape index (κ3) is 7.10. The molecule has 0 atom stereocenters. The summed E-state index contributed by atoms with van der Waals surface area (Å²) >= 11 is 6.50. The number of primary amides is 1. The fourth-order valence-corrected chi connectivity index (χ4v) is 5.03. The van der Waals surface area contributed by atoms with Gasteiger partial charge in [0.2, 0.25) is 5.91 Å². The standard InChI is InChI=1S/C31H40ClN3O/c1-5-9-24(10-6-2)25-15-17-27(18-16-25)35-23(4)34-21-29(32)22(3)13-14-26-11-7-8-12-28(26)31(19-20-31)30(33)36/h7-8,11-12,15-18,21,24H,3,5-6,9-10,13-14,19-20H2,1-2,4H3,(H2,33,36)(H,34,35)/b29-21+. The summed E-state index contributed by atoms with van der Waals surface area (Å²) in [6.07, 6.45) is 9.59. The highest BCUT2D eigenvalue weighted by Crippen LogP contribution is 2.49. The number of rotatable bonds is 13. The fraction of sp³-hybridized carbons (Fsp3) is 0.419. The van der Waals surface area contributed by atoms with Gasteiger partial charge in [-0.1, -0.05) is 81.3 Å². The van der Waals surface area contributed by atoms with Crippen LogP contribution in [0.25, 0.3) is 0 Å². The van der Waals surface area contributed by atoms with Gasteiger partial charge in [0.05, 0.1) is 10.4 Å². The molecule has 5 heteroatoms. The molecule has 3 N–H and O–H groups in total. The average molecular weight is 506 g/mol. The molecule has 0 unspecified atom stereocenters. The summed E-state index contributed by atoms with van der Waals surface area (Å²) in [5, 5.41) is 3.87. The van der Waals surface area contributed by atoms with Crippen LogP contribution in [0.15, 0.2) is 76.9 Å². The molecular formula is C31H40ClN3O. The number of allylic oxidation sites excluding steroid dienone is 2. The number of halogens is 1. The molecule has 0 saturated heterocycles. The molecule has 0 bridgehead atoms. The van der Waals surface area contributed by atoms with E-state index in [1.165, 1.54) is 31.2 Å². The number of nitrogens with two attached hydrogens (primary N) is 1. The molecule has 1 aliphatic carbocycles. The highest BCUT2D eigenvalue weighted by atomic mass is 35.5. The van der Waals surface area contributed by atoms with E-state index < -0.39 is 5.41 Å². The first-order valence-electron chi connectivity index (χ1n) is 13.1. The first kappa shape index (κ1) is 27.7. The number of carbonyl (C=O) groups excluding carboxylic acids is 1. The Balaban J connectivity index is 1.57. The van der Waals surface area contributed by atoms with Crippen LogP contribution in [0.5, 0.6) is 0 Å². The second-order valence-corrected chi connectivity index (χ2v) is 10.3. The number of nitrogens with zero attached hydrogens (tertiary/aromatic N) is 1. The number of benzene rings is 2. The molecule has 1 fully saturated rings. The van der Waals surface area contributed by atoms with Crippen molar-refractivity contribution in [3.05, 3.63) is 88.6 Å². The zero-order valence-electron chi connectivity index (χ0n) is 21.9. The molecule has 1 amide bonds. The Morgan fingerprint density at radius 3 is 2.36 bits per heavy atom. The Labute approximate surface area is 221 Å². The van der Waals surface area contributed by atoms with Crippen LogP contribution in [-0.2, 0) is 16.6 Å². The van der Waals surface area contributed by atoms with Gasteiger partial charge in [-0.3, -0.25) is 4.79 Å². The molecule has 0 spiro atoms. The van der Waals surface area contributed by atoms with Crippen LogP contribution in [0, 0.1) is 0 Å². The summed E-state index contributed by atoms with van der Waals surface area (Å²) in [7, 11) is 0. The lowest BCUT2D eigenvalue weighted by molar-refractivity contribution is -0.120. The van der Waals surface area contributed by atoms with Crippen LogP contribution >= 0.6 is 11.6 Å². The Bertz CT molecular complexity index is 1110. The van der Waals surface area contributed by atoms with Crippen LogP contribution in [0.4, 0.5) is 5.69 Å². The van der Waals surface area contributed by atoms with Gasteiger partial charge in [0.25, 0.3) is 0 Å². The Kier molecular flexibility index (Phi) is 9.95. The van der Waals surface area contributed by atoms with Gasteiger partial charge in [0.15, 0.2) is 0 Å². The second-order valence-electron chi connectivity index (χ2n) is 9.92. The van der Waals surface area contributed by atoms with Crippen molar-refractivity contribution in [3.8, 4) is 0 Å². The molecule has 0 aliphatic heterocycles. The van der Waals surface area contributed by atoms with Crippen molar-refractivity contribution in [2.45, 2.75) is 83.5 Å². The van der Waals surface area contributed by atoms with Gasteiger partial charge in [-0.05, 0) is 85.8 Å². The van der Waals surface area contributed by atoms with E-state index in [-0.39, 0.29) is 5.91 Å². The van der Waals surface area contributed by atoms with Crippen LogP contribution in [0.3, 0.4) is 0 Å². The topological polar surface area (TPSA) is 67.5 Å². The molecule has 192 valence electrons. The molecule has 1 aliphatic rings. The van der Waals surface area contributed by atoms with Crippen LogP contribution in [0.1, 0.15) is 88.3 Å². The zero-order chi connectivity index (χ0) is 26.1. The highest BCUT2D eigenvalue weighted by molar-refractivity contribution is 6.31. The Morgan fingerprint density at radius 1 is 1.14 bits per heavy atom. The number of amidine groups is 1. The highest BCUT2D eigenvalue weighted by Gasteiger charge is 2.50. The molecule has 36 heavy (non-hydrogen) atoms. The number of hydrogen-bond donors (Lipinski definition) is 2. The third-order valence-corrected chi connectivity index (χ3v) is 7.51. The summed E-state index contributed by atoms with van der Waals surface area (Å²) < 4.78 is 0. The number of carbonyl (C=O) groups is 1.